The van der Waals surface area contributed by atoms with Crippen LogP contribution in [0.5, 0.6) is 5.75 Å². The molecule has 0 unspecified atom stereocenters. The minimum atomic E-state index is -0.934. The number of benzene rings is 2. The molecule has 5 nitrogen and oxygen atoms in total. The number of hydrogen-bond acceptors (Lipinski definition) is 4. The zero-order valence-corrected chi connectivity index (χ0v) is 22.9. The van der Waals surface area contributed by atoms with Gasteiger partial charge in [0.05, 0.1) is 11.3 Å². The fraction of sp³-hybridized carbons (Fsp3) is 0.400. The lowest BCUT2D eigenvalue weighted by Crippen LogP contribution is -2.25. The summed E-state index contributed by atoms with van der Waals surface area (Å²) in [6, 6.07) is 16.7. The first kappa shape index (κ1) is 27.5. The predicted molar refractivity (Wildman–Crippen MR) is 147 cm³/mol. The lowest BCUT2D eigenvalue weighted by molar-refractivity contribution is -0.136. The van der Waals surface area contributed by atoms with Crippen molar-refractivity contribution in [1.82, 2.24) is 5.32 Å². The van der Waals surface area contributed by atoms with Crippen LogP contribution in [0.2, 0.25) is 0 Å². The molecule has 0 saturated heterocycles. The van der Waals surface area contributed by atoms with Gasteiger partial charge in [-0.1, -0.05) is 52.0 Å². The Hall–Kier alpha value is -3.12. The van der Waals surface area contributed by atoms with Crippen molar-refractivity contribution < 1.29 is 19.4 Å². The van der Waals surface area contributed by atoms with Crippen molar-refractivity contribution in [2.45, 2.75) is 66.4 Å². The summed E-state index contributed by atoms with van der Waals surface area (Å²) in [6.07, 6.45) is 0.544. The molecule has 192 valence electrons. The average molecular weight is 508 g/mol. The van der Waals surface area contributed by atoms with E-state index in [-0.39, 0.29) is 25.0 Å². The van der Waals surface area contributed by atoms with E-state index in [2.05, 4.69) is 83.3 Å². The Balaban J connectivity index is 1.81. The number of carboxylic acids is 1. The summed E-state index contributed by atoms with van der Waals surface area (Å²) in [6.45, 7) is 13.1. The first-order valence-corrected chi connectivity index (χ1v) is 13.3. The number of aliphatic carboxylic acids is 1. The zero-order chi connectivity index (χ0) is 26.4. The summed E-state index contributed by atoms with van der Waals surface area (Å²) in [4.78, 5) is 24.7. The number of amides is 1. The van der Waals surface area contributed by atoms with Crippen LogP contribution in [0.25, 0.3) is 11.1 Å². The van der Waals surface area contributed by atoms with Gasteiger partial charge in [-0.25, -0.2) is 0 Å². The molecule has 0 fully saturated rings. The van der Waals surface area contributed by atoms with Gasteiger partial charge in [0.15, 0.2) is 0 Å². The van der Waals surface area contributed by atoms with Crippen LogP contribution >= 0.6 is 11.3 Å². The van der Waals surface area contributed by atoms with E-state index in [1.165, 1.54) is 28.0 Å². The maximum absolute atomic E-state index is 12.4. The number of nitrogens with one attached hydrogen (secondary N) is 1. The highest BCUT2D eigenvalue weighted by Crippen LogP contribution is 2.36. The van der Waals surface area contributed by atoms with Crippen LogP contribution in [0.1, 0.15) is 83.8 Å². The fourth-order valence-electron chi connectivity index (χ4n) is 4.31. The van der Waals surface area contributed by atoms with Gasteiger partial charge in [0.1, 0.15) is 11.9 Å². The van der Waals surface area contributed by atoms with Gasteiger partial charge in [-0.15, -0.1) is 11.3 Å². The normalized spacial score (nSPS) is 12.1. The van der Waals surface area contributed by atoms with Crippen LogP contribution < -0.4 is 10.1 Å². The quantitative estimate of drug-likeness (QED) is 0.281. The molecule has 1 atom stereocenters. The highest BCUT2D eigenvalue weighted by Gasteiger charge is 2.21. The maximum atomic E-state index is 12.4. The summed E-state index contributed by atoms with van der Waals surface area (Å²) in [5, 5.41) is 11.5. The third kappa shape index (κ3) is 7.20. The van der Waals surface area contributed by atoms with Gasteiger partial charge in [-0.3, -0.25) is 9.59 Å². The van der Waals surface area contributed by atoms with Crippen molar-refractivity contribution in [3.8, 4) is 16.9 Å². The molecule has 0 saturated carbocycles. The molecule has 0 spiro atoms. The van der Waals surface area contributed by atoms with Gasteiger partial charge in [0.2, 0.25) is 0 Å². The van der Waals surface area contributed by atoms with E-state index in [4.69, 9.17) is 9.84 Å². The molecule has 6 heteroatoms. The van der Waals surface area contributed by atoms with Crippen LogP contribution in [0.4, 0.5) is 0 Å². The van der Waals surface area contributed by atoms with Crippen molar-refractivity contribution in [3.05, 3.63) is 75.0 Å². The van der Waals surface area contributed by atoms with Gasteiger partial charge in [0, 0.05) is 11.4 Å². The average Bonchev–Trinajstić information content (AvgIpc) is 3.28. The molecule has 1 aromatic heterocycles. The Bertz CT molecular complexity index is 1170. The maximum Gasteiger partial charge on any atom is 0.305 e. The largest absolute Gasteiger partial charge is 0.485 e. The van der Waals surface area contributed by atoms with Gasteiger partial charge < -0.3 is 15.2 Å². The standard InChI is InChI=1S/C30H37NO4S/c1-18(2)15-25(26-11-12-27(36-26)30(34)31-14-13-28(32)33)35-24-16-20(5)29(21(6)17-24)23-9-7-22(8-10-23)19(3)4/h7-12,16-19,25H,13-15H2,1-6H3,(H,31,34)(H,32,33)/t25-/m1/s1. The summed E-state index contributed by atoms with van der Waals surface area (Å²) >= 11 is 1.40. The highest BCUT2D eigenvalue weighted by molar-refractivity contribution is 7.14. The van der Waals surface area contributed by atoms with Crippen LogP contribution in [-0.2, 0) is 4.79 Å². The third-order valence-corrected chi connectivity index (χ3v) is 7.30. The molecule has 3 rings (SSSR count). The molecule has 1 amide bonds. The number of thiophene rings is 1. The number of aryl methyl sites for hydroxylation is 2. The summed E-state index contributed by atoms with van der Waals surface area (Å²) < 4.78 is 6.52. The minimum Gasteiger partial charge on any atom is -0.485 e. The Morgan fingerprint density at radius 3 is 2.17 bits per heavy atom. The number of carbonyl (C=O) groups is 2. The number of hydrogen-bond donors (Lipinski definition) is 2. The molecule has 2 N–H and O–H groups in total. The highest BCUT2D eigenvalue weighted by atomic mass is 32.1. The Labute approximate surface area is 218 Å². The topological polar surface area (TPSA) is 75.6 Å². The number of carboxylic acid groups (broad SMARTS) is 1. The number of carbonyl (C=O) groups excluding carboxylic acids is 1. The van der Waals surface area contributed by atoms with E-state index >= 15 is 0 Å². The Morgan fingerprint density at radius 1 is 0.972 bits per heavy atom. The van der Waals surface area contributed by atoms with Crippen molar-refractivity contribution in [2.75, 3.05) is 6.54 Å². The number of rotatable bonds is 11. The molecule has 36 heavy (non-hydrogen) atoms. The molecule has 0 aliphatic carbocycles. The second-order valence-corrected chi connectivity index (χ2v) is 11.2. The van der Waals surface area contributed by atoms with Gasteiger partial charge >= 0.3 is 5.97 Å². The van der Waals surface area contributed by atoms with Gasteiger partial charge in [-0.05, 0) is 84.2 Å². The summed E-state index contributed by atoms with van der Waals surface area (Å²) in [5.74, 6) is 0.542. The summed E-state index contributed by atoms with van der Waals surface area (Å²) in [5.41, 5.74) is 6.09. The molecule has 3 aromatic rings. The Kier molecular flexibility index (Phi) is 9.32. The van der Waals surface area contributed by atoms with Crippen molar-refractivity contribution >= 4 is 23.2 Å². The zero-order valence-electron chi connectivity index (χ0n) is 22.1. The second-order valence-electron chi connectivity index (χ2n) is 10.0. The van der Waals surface area contributed by atoms with E-state index in [1.807, 2.05) is 6.07 Å². The molecule has 0 radical (unpaired) electrons. The first-order chi connectivity index (χ1) is 17.0. The van der Waals surface area contributed by atoms with Gasteiger partial charge in [-0.2, -0.15) is 0 Å². The Morgan fingerprint density at radius 2 is 1.61 bits per heavy atom. The van der Waals surface area contributed by atoms with Crippen LogP contribution in [0.15, 0.2) is 48.5 Å². The third-order valence-electron chi connectivity index (χ3n) is 6.13. The lowest BCUT2D eigenvalue weighted by Gasteiger charge is -2.22. The van der Waals surface area contributed by atoms with Crippen molar-refractivity contribution in [3.63, 3.8) is 0 Å². The SMILES string of the molecule is Cc1cc(O[C@H](CC(C)C)c2ccc(C(=O)NCCC(=O)O)s2)cc(C)c1-c1ccc(C(C)C)cc1. The van der Waals surface area contributed by atoms with Gasteiger partial charge in [0.25, 0.3) is 5.91 Å². The molecular formula is C30H37NO4S. The molecule has 0 aliphatic rings. The van der Waals surface area contributed by atoms with Crippen LogP contribution in [0.3, 0.4) is 0 Å². The van der Waals surface area contributed by atoms with E-state index < -0.39 is 5.97 Å². The van der Waals surface area contributed by atoms with E-state index in [1.54, 1.807) is 6.07 Å². The molecule has 1 heterocycles. The first-order valence-electron chi connectivity index (χ1n) is 12.5. The molecular weight excluding hydrogens is 470 g/mol. The predicted octanol–water partition coefficient (Wildman–Crippen LogP) is 7.53. The minimum absolute atomic E-state index is 0.0976. The smallest absolute Gasteiger partial charge is 0.305 e. The van der Waals surface area contributed by atoms with E-state index in [0.717, 1.165) is 28.2 Å². The molecule has 0 aliphatic heterocycles. The molecule has 0 bridgehead atoms. The fourth-order valence-corrected chi connectivity index (χ4v) is 5.28. The van der Waals surface area contributed by atoms with E-state index in [0.29, 0.717) is 16.7 Å². The lowest BCUT2D eigenvalue weighted by atomic mass is 9.93. The van der Waals surface area contributed by atoms with Crippen molar-refractivity contribution in [2.24, 2.45) is 5.92 Å². The van der Waals surface area contributed by atoms with Crippen LogP contribution in [-0.4, -0.2) is 23.5 Å². The monoisotopic (exact) mass is 507 g/mol. The van der Waals surface area contributed by atoms with Crippen molar-refractivity contribution in [1.29, 1.82) is 0 Å². The van der Waals surface area contributed by atoms with Crippen LogP contribution in [0, 0.1) is 19.8 Å². The summed E-state index contributed by atoms with van der Waals surface area (Å²) in [7, 11) is 0. The molecule has 2 aromatic carbocycles. The second kappa shape index (κ2) is 12.2. The van der Waals surface area contributed by atoms with E-state index in [9.17, 15) is 9.59 Å². The number of ether oxygens (including phenoxy) is 1.